The zero-order valence-corrected chi connectivity index (χ0v) is 17.8. The molecule has 1 aliphatic rings. The third-order valence-electron chi connectivity index (χ3n) is 3.66. The molecule has 0 spiro atoms. The van der Waals surface area contributed by atoms with Crippen LogP contribution in [0.5, 0.6) is 5.75 Å². The molecule has 1 aliphatic heterocycles. The molecular formula is C17H23O8Si2. The van der Waals surface area contributed by atoms with Crippen LogP contribution in [0, 0.1) is 0 Å². The van der Waals surface area contributed by atoms with Crippen LogP contribution in [0.25, 0.3) is 0 Å². The molecular weight excluding hydrogens is 388 g/mol. The fourth-order valence-corrected chi connectivity index (χ4v) is 6.03. The maximum absolute atomic E-state index is 11.4. The van der Waals surface area contributed by atoms with E-state index in [-0.39, 0.29) is 6.04 Å². The second-order valence-electron chi connectivity index (χ2n) is 6.14. The van der Waals surface area contributed by atoms with Gasteiger partial charge in [0.25, 0.3) is 17.9 Å². The van der Waals surface area contributed by atoms with Crippen LogP contribution in [0.1, 0.15) is 38.3 Å². The van der Waals surface area contributed by atoms with Gasteiger partial charge < -0.3 is 22.1 Å². The van der Waals surface area contributed by atoms with Crippen molar-refractivity contribution in [2.75, 3.05) is 0 Å². The number of fused-ring (bicyclic) bond motifs is 1. The fraction of sp³-hybridized carbons (Fsp3) is 0.471. The second-order valence-corrected chi connectivity index (χ2v) is 10.1. The van der Waals surface area contributed by atoms with E-state index in [0.717, 1.165) is 16.9 Å². The smallest absolute Gasteiger partial charge is 0.519 e. The van der Waals surface area contributed by atoms with Crippen molar-refractivity contribution in [3.05, 3.63) is 29.3 Å². The monoisotopic (exact) mass is 411 g/mol. The van der Waals surface area contributed by atoms with Gasteiger partial charge in [-0.25, -0.2) is 0 Å². The standard InChI is InChI=1S/C17H23O8Si2/c1-12(18)23-27(24-13(2)19,25-14(3)20)9-5-6-15-7-8-17-16(10-15)11-21-26(4)22-17/h7-8,10H,5-6,9,11H2,1-4H3. The maximum atomic E-state index is 11.4. The molecule has 0 aliphatic carbocycles. The van der Waals surface area contributed by atoms with E-state index in [1.165, 1.54) is 20.8 Å². The summed E-state index contributed by atoms with van der Waals surface area (Å²) < 4.78 is 26.8. The van der Waals surface area contributed by atoms with E-state index in [0.29, 0.717) is 19.4 Å². The van der Waals surface area contributed by atoms with Crippen LogP contribution in [-0.4, -0.2) is 36.0 Å². The summed E-state index contributed by atoms with van der Waals surface area (Å²) in [5.74, 6) is -1.15. The highest BCUT2D eigenvalue weighted by molar-refractivity contribution is 6.65. The molecule has 0 amide bonds. The zero-order chi connectivity index (χ0) is 20.0. The molecule has 0 saturated carbocycles. The number of hydrogen-bond acceptors (Lipinski definition) is 8. The van der Waals surface area contributed by atoms with Crippen LogP contribution < -0.4 is 4.43 Å². The molecule has 1 aromatic rings. The number of carbonyl (C=O) groups excluding carboxylic acids is 3. The van der Waals surface area contributed by atoms with Crippen molar-refractivity contribution in [2.45, 2.75) is 52.8 Å². The second kappa shape index (κ2) is 9.15. The van der Waals surface area contributed by atoms with Gasteiger partial charge in [-0.15, -0.1) is 0 Å². The van der Waals surface area contributed by atoms with E-state index in [1.807, 2.05) is 24.7 Å². The van der Waals surface area contributed by atoms with E-state index < -0.39 is 36.0 Å². The van der Waals surface area contributed by atoms with Crippen LogP contribution in [0.15, 0.2) is 18.2 Å². The van der Waals surface area contributed by atoms with Crippen molar-refractivity contribution in [3.63, 3.8) is 0 Å². The zero-order valence-electron chi connectivity index (χ0n) is 15.8. The first-order valence-electron chi connectivity index (χ1n) is 8.54. The van der Waals surface area contributed by atoms with Crippen molar-refractivity contribution in [3.8, 4) is 5.75 Å². The molecule has 1 aromatic carbocycles. The van der Waals surface area contributed by atoms with Crippen molar-refractivity contribution in [2.24, 2.45) is 0 Å². The maximum Gasteiger partial charge on any atom is 0.705 e. The lowest BCUT2D eigenvalue weighted by molar-refractivity contribution is -0.147. The molecule has 1 heterocycles. The quantitative estimate of drug-likeness (QED) is 0.630. The van der Waals surface area contributed by atoms with Gasteiger partial charge in [0.2, 0.25) is 0 Å². The molecule has 0 fully saturated rings. The lowest BCUT2D eigenvalue weighted by Crippen LogP contribution is -2.49. The van der Waals surface area contributed by atoms with E-state index in [9.17, 15) is 14.4 Å². The minimum Gasteiger partial charge on any atom is -0.519 e. The Morgan fingerprint density at radius 3 is 2.22 bits per heavy atom. The highest BCUT2D eigenvalue weighted by Crippen LogP contribution is 2.27. The van der Waals surface area contributed by atoms with Crippen LogP contribution in [0.3, 0.4) is 0 Å². The summed E-state index contributed by atoms with van der Waals surface area (Å²) in [6.45, 7) is 6.00. The van der Waals surface area contributed by atoms with Gasteiger partial charge in [-0.1, -0.05) is 6.07 Å². The van der Waals surface area contributed by atoms with Gasteiger partial charge in [0.05, 0.1) is 12.7 Å². The Morgan fingerprint density at radius 1 is 1.07 bits per heavy atom. The van der Waals surface area contributed by atoms with E-state index in [2.05, 4.69) is 0 Å². The average molecular weight is 412 g/mol. The molecule has 1 radical (unpaired) electrons. The molecule has 8 nitrogen and oxygen atoms in total. The Labute approximate surface area is 160 Å². The first-order valence-corrected chi connectivity index (χ1v) is 12.3. The van der Waals surface area contributed by atoms with Gasteiger partial charge in [0, 0.05) is 26.3 Å². The summed E-state index contributed by atoms with van der Waals surface area (Å²) in [7, 11) is -5.00. The molecule has 10 heteroatoms. The summed E-state index contributed by atoms with van der Waals surface area (Å²) in [4.78, 5) is 34.3. The third kappa shape index (κ3) is 6.49. The number of hydrogen-bond donors (Lipinski definition) is 0. The van der Waals surface area contributed by atoms with Gasteiger partial charge in [0.1, 0.15) is 5.75 Å². The van der Waals surface area contributed by atoms with Crippen LogP contribution in [0.4, 0.5) is 0 Å². The molecule has 27 heavy (non-hydrogen) atoms. The number of aryl methyl sites for hydroxylation is 1. The van der Waals surface area contributed by atoms with E-state index in [4.69, 9.17) is 22.1 Å². The van der Waals surface area contributed by atoms with E-state index in [1.54, 1.807) is 0 Å². The molecule has 147 valence electrons. The van der Waals surface area contributed by atoms with Crippen molar-refractivity contribution >= 4 is 36.0 Å². The number of benzene rings is 1. The number of carbonyl (C=O) groups is 3. The lowest BCUT2D eigenvalue weighted by atomic mass is 10.1. The predicted molar refractivity (Wildman–Crippen MR) is 97.7 cm³/mol. The summed E-state index contributed by atoms with van der Waals surface area (Å²) in [6, 6.07) is 6.01. The van der Waals surface area contributed by atoms with Crippen molar-refractivity contribution in [1.82, 2.24) is 0 Å². The van der Waals surface area contributed by atoms with Crippen LogP contribution >= 0.6 is 0 Å². The Morgan fingerprint density at radius 2 is 1.67 bits per heavy atom. The molecule has 0 saturated heterocycles. The first-order chi connectivity index (χ1) is 12.7. The largest absolute Gasteiger partial charge is 0.705 e. The minimum absolute atomic E-state index is 0.151. The number of rotatable bonds is 7. The molecule has 2 rings (SSSR count). The Bertz CT molecular complexity index is 680. The Hall–Kier alpha value is -2.18. The van der Waals surface area contributed by atoms with Gasteiger partial charge >= 0.3 is 18.1 Å². The van der Waals surface area contributed by atoms with Crippen LogP contribution in [-0.2, 0) is 45.1 Å². The van der Waals surface area contributed by atoms with Gasteiger partial charge in [-0.05, 0) is 37.1 Å². The Kier molecular flexibility index (Phi) is 7.16. The normalized spacial score (nSPS) is 13.9. The summed E-state index contributed by atoms with van der Waals surface area (Å²) in [5.41, 5.74) is 2.01. The highest BCUT2D eigenvalue weighted by Gasteiger charge is 2.51. The molecule has 0 atom stereocenters. The minimum atomic E-state index is -3.77. The topological polar surface area (TPSA) is 97.4 Å². The SMILES string of the molecule is CC(=O)O[Si](CCCc1ccc2c(c1)CO[Si](C)O2)(OC(C)=O)OC(C)=O. The average Bonchev–Trinajstić information content (AvgIpc) is 2.52. The van der Waals surface area contributed by atoms with Gasteiger partial charge in [-0.3, -0.25) is 14.4 Å². The molecule has 0 N–H and O–H groups in total. The Balaban J connectivity index is 2.06. The van der Waals surface area contributed by atoms with Crippen molar-refractivity contribution < 1.29 is 36.5 Å². The molecule has 0 aromatic heterocycles. The van der Waals surface area contributed by atoms with Gasteiger partial charge in [-0.2, -0.15) is 0 Å². The van der Waals surface area contributed by atoms with Crippen LogP contribution in [0.2, 0.25) is 12.6 Å². The lowest BCUT2D eigenvalue weighted by Gasteiger charge is -2.26. The van der Waals surface area contributed by atoms with E-state index >= 15 is 0 Å². The summed E-state index contributed by atoms with van der Waals surface area (Å²) in [5, 5.41) is 0. The molecule has 0 unspecified atom stereocenters. The highest BCUT2D eigenvalue weighted by atomic mass is 28.4. The predicted octanol–water partition coefficient (Wildman–Crippen LogP) is 2.27. The first kappa shape index (κ1) is 21.1. The van der Waals surface area contributed by atoms with Gasteiger partial charge in [0.15, 0.2) is 0 Å². The molecule has 0 bridgehead atoms. The van der Waals surface area contributed by atoms with Crippen molar-refractivity contribution in [1.29, 1.82) is 0 Å². The third-order valence-corrected chi connectivity index (χ3v) is 7.48. The summed E-state index contributed by atoms with van der Waals surface area (Å²) >= 11 is 0. The fourth-order valence-electron chi connectivity index (χ4n) is 2.75. The summed E-state index contributed by atoms with van der Waals surface area (Å²) in [6.07, 6.45) is 1.12.